The van der Waals surface area contributed by atoms with Gasteiger partial charge in [0.25, 0.3) is 0 Å². The van der Waals surface area contributed by atoms with Gasteiger partial charge in [0, 0.05) is 0 Å². The van der Waals surface area contributed by atoms with Crippen molar-refractivity contribution in [1.29, 1.82) is 0 Å². The Balaban J connectivity index is 0. The largest absolute Gasteiger partial charge is 1.00 e. The third-order valence-corrected chi connectivity index (χ3v) is 20.0. The molecule has 0 amide bonds. The van der Waals surface area contributed by atoms with Crippen molar-refractivity contribution in [2.75, 3.05) is 0 Å². The average Bonchev–Trinajstić information content (AvgIpc) is 2.12. The van der Waals surface area contributed by atoms with Crippen LogP contribution in [-0.4, -0.2) is 16.5 Å². The first-order chi connectivity index (χ1) is 8.09. The van der Waals surface area contributed by atoms with Crippen LogP contribution in [0.25, 0.3) is 4.65 Å². The van der Waals surface area contributed by atoms with Crippen molar-refractivity contribution in [1.82, 2.24) is 0 Å². The Labute approximate surface area is 174 Å². The van der Waals surface area contributed by atoms with Gasteiger partial charge in [-0.1, -0.05) is 120 Å². The quantitative estimate of drug-likeness (QED) is 0.689. The summed E-state index contributed by atoms with van der Waals surface area (Å²) < 4.78 is 5.76. The average molecular weight is 340 g/mol. The first-order valence-corrected chi connectivity index (χ1v) is 12.9. The van der Waals surface area contributed by atoms with Gasteiger partial charge in [0.2, 0.25) is 0 Å². The number of nitrogens with zero attached hydrogens (tertiary/aromatic N) is 1. The van der Waals surface area contributed by atoms with Gasteiger partial charge in [0.15, 0.2) is 0 Å². The number of hydrogen-bond acceptors (Lipinski definition) is 0. The van der Waals surface area contributed by atoms with Gasteiger partial charge in [-0.2, -0.15) is 0 Å². The monoisotopic (exact) mass is 339 g/mol. The third-order valence-electron chi connectivity index (χ3n) is 5.75. The Hall–Kier alpha value is 2.03. The first kappa shape index (κ1) is 24.3. The molecule has 0 aromatic heterocycles. The summed E-state index contributed by atoms with van der Waals surface area (Å²) in [4.78, 5) is 0. The Morgan fingerprint density at radius 2 is 0.850 bits per heavy atom. The Bertz CT molecular complexity index is 275. The Morgan fingerprint density at radius 3 is 0.950 bits per heavy atom. The molecule has 0 heterocycles. The molecule has 1 nitrogen and oxygen atoms in total. The molecule has 0 aliphatic heterocycles. The smallest absolute Gasteiger partial charge is 0.665 e. The minimum Gasteiger partial charge on any atom is -0.665 e. The van der Waals surface area contributed by atoms with Gasteiger partial charge < -0.3 is 4.65 Å². The molecule has 20 heavy (non-hydrogen) atoms. The van der Waals surface area contributed by atoms with Crippen molar-refractivity contribution in [3.8, 4) is 0 Å². The van der Waals surface area contributed by atoms with Crippen LogP contribution >= 0.6 is 0 Å². The second kappa shape index (κ2) is 7.73. The van der Waals surface area contributed by atoms with E-state index in [9.17, 15) is 0 Å². The van der Waals surface area contributed by atoms with Gasteiger partial charge >= 0.3 is 51.4 Å². The zero-order chi connectivity index (χ0) is 15.9. The molecular weight excluding hydrogens is 301 g/mol. The Kier molecular flexibility index (Phi) is 9.39. The molecule has 0 aromatic rings. The number of hydrogen-bond donors (Lipinski definition) is 0. The van der Waals surface area contributed by atoms with Crippen molar-refractivity contribution in [3.05, 3.63) is 4.65 Å². The van der Waals surface area contributed by atoms with Gasteiger partial charge in [-0.15, -0.1) is 0 Å². The molecule has 0 bridgehead atoms. The molecule has 0 fully saturated rings. The topological polar surface area (TPSA) is 14.1 Å². The van der Waals surface area contributed by atoms with Crippen LogP contribution in [0.1, 0.15) is 69.2 Å². The van der Waals surface area contributed by atoms with E-state index in [4.69, 9.17) is 4.65 Å². The fraction of sp³-hybridized carbons (Fsp3) is 1.00. The second-order valence-electron chi connectivity index (χ2n) is 9.22. The summed E-state index contributed by atoms with van der Waals surface area (Å²) in [5.41, 5.74) is 1.42. The fourth-order valence-corrected chi connectivity index (χ4v) is 14.9. The van der Waals surface area contributed by atoms with Crippen molar-refractivity contribution < 1.29 is 51.4 Å². The maximum atomic E-state index is 5.76. The molecule has 0 N–H and O–H groups in total. The van der Waals surface area contributed by atoms with E-state index < -0.39 is 16.5 Å². The summed E-state index contributed by atoms with van der Waals surface area (Å²) in [5, 5.41) is 0.686. The molecule has 0 rings (SSSR count). The van der Waals surface area contributed by atoms with Gasteiger partial charge in [0.1, 0.15) is 0 Å². The van der Waals surface area contributed by atoms with Crippen LogP contribution in [0.3, 0.4) is 0 Å². The number of rotatable bonds is 4. The van der Waals surface area contributed by atoms with Crippen molar-refractivity contribution in [2.24, 2.45) is 0 Å². The minimum absolute atomic E-state index is 0. The summed E-state index contributed by atoms with van der Waals surface area (Å²) in [6.07, 6.45) is 0. The second-order valence-corrected chi connectivity index (χ2v) is 20.0. The summed E-state index contributed by atoms with van der Waals surface area (Å²) >= 11 is 0. The zero-order valence-corrected chi connectivity index (χ0v) is 21.7. The van der Waals surface area contributed by atoms with Crippen molar-refractivity contribution in [2.45, 2.75) is 103 Å². The van der Waals surface area contributed by atoms with Gasteiger partial charge in [0.05, 0.1) is 0 Å². The van der Waals surface area contributed by atoms with E-state index in [1.54, 1.807) is 0 Å². The van der Waals surface area contributed by atoms with Crippen LogP contribution in [0.4, 0.5) is 0 Å². The first-order valence-electron chi connectivity index (χ1n) is 7.83. The van der Waals surface area contributed by atoms with Gasteiger partial charge in [-0.25, -0.2) is 0 Å². The molecule has 0 aromatic carbocycles. The molecule has 0 aliphatic carbocycles. The van der Waals surface area contributed by atoms with Crippen LogP contribution in [0.15, 0.2) is 0 Å². The molecule has 2 unspecified atom stereocenters. The molecule has 0 radical (unpaired) electrons. The van der Waals surface area contributed by atoms with E-state index in [0.29, 0.717) is 21.2 Å². The standard InChI is InChI=1S/C16H38NSi2.K/c1-13(2)18(11,15(5,6)7)17-19(12,14(3)4)16(8,9)10;/h13-14H,1-12H3;/q-1;+1. The molecule has 116 valence electrons. The third kappa shape index (κ3) is 5.02. The van der Waals surface area contributed by atoms with Gasteiger partial charge in [-0.05, 0) is 0 Å². The van der Waals surface area contributed by atoms with E-state index in [0.717, 1.165) is 0 Å². The maximum absolute atomic E-state index is 5.76. The normalized spacial score (nSPS) is 19.5. The predicted octanol–water partition coefficient (Wildman–Crippen LogP) is 3.93. The van der Waals surface area contributed by atoms with E-state index in [-0.39, 0.29) is 51.4 Å². The zero-order valence-electron chi connectivity index (χ0n) is 16.6. The van der Waals surface area contributed by atoms with Crippen LogP contribution in [-0.2, 0) is 0 Å². The van der Waals surface area contributed by atoms with E-state index in [1.165, 1.54) is 0 Å². The van der Waals surface area contributed by atoms with Crippen molar-refractivity contribution in [3.63, 3.8) is 0 Å². The Morgan fingerprint density at radius 1 is 0.650 bits per heavy atom. The molecule has 4 heteroatoms. The van der Waals surface area contributed by atoms with Crippen LogP contribution in [0, 0.1) is 0 Å². The molecular formula is C16H38KNSi2. The van der Waals surface area contributed by atoms with Crippen molar-refractivity contribution >= 4 is 16.5 Å². The summed E-state index contributed by atoms with van der Waals surface area (Å²) in [6.45, 7) is 29.0. The minimum atomic E-state index is -1.65. The SMILES string of the molecule is CC(C)[Si](C)([N-][Si](C)(C(C)C)C(C)(C)C)C(C)(C)C.[K+]. The van der Waals surface area contributed by atoms with E-state index in [1.807, 2.05) is 0 Å². The van der Waals surface area contributed by atoms with Gasteiger partial charge in [-0.3, -0.25) is 0 Å². The molecule has 0 saturated carbocycles. The molecule has 2 atom stereocenters. The van der Waals surface area contributed by atoms with Crippen LogP contribution < -0.4 is 51.4 Å². The molecule has 0 saturated heterocycles. The van der Waals surface area contributed by atoms with E-state index in [2.05, 4.69) is 82.3 Å². The van der Waals surface area contributed by atoms with Crippen LogP contribution in [0.5, 0.6) is 0 Å². The summed E-state index contributed by atoms with van der Waals surface area (Å²) in [6, 6.07) is 0. The van der Waals surface area contributed by atoms with E-state index >= 15 is 0 Å². The summed E-state index contributed by atoms with van der Waals surface area (Å²) in [7, 11) is -3.30. The predicted molar refractivity (Wildman–Crippen MR) is 96.2 cm³/mol. The van der Waals surface area contributed by atoms with Crippen LogP contribution in [0.2, 0.25) is 34.3 Å². The molecule has 0 spiro atoms. The summed E-state index contributed by atoms with van der Waals surface area (Å²) in [5.74, 6) is 0. The maximum Gasteiger partial charge on any atom is 1.00 e. The fourth-order valence-electron chi connectivity index (χ4n) is 2.81. The molecule has 0 aliphatic rings.